The summed E-state index contributed by atoms with van der Waals surface area (Å²) in [5.41, 5.74) is 9.39. The largest absolute Gasteiger partial charge is 0.489 e. The number of carbonyl (C=O) groups is 1. The number of hydrogen-bond donors (Lipinski definition) is 1. The van der Waals surface area contributed by atoms with Crippen LogP contribution in [0.2, 0.25) is 0 Å². The summed E-state index contributed by atoms with van der Waals surface area (Å²) in [6, 6.07) is 14.4. The monoisotopic (exact) mass is 397 g/mol. The number of unbranched alkanes of at least 4 members (excludes halogenated alkanes) is 1. The minimum Gasteiger partial charge on any atom is -0.489 e. The number of aryl methyl sites for hydroxylation is 2. The van der Waals surface area contributed by atoms with Crippen molar-refractivity contribution in [2.45, 2.75) is 72.0 Å². The van der Waals surface area contributed by atoms with Gasteiger partial charge in [0.2, 0.25) is 5.91 Å². The van der Waals surface area contributed by atoms with Crippen molar-refractivity contribution in [2.24, 2.45) is 5.73 Å². The van der Waals surface area contributed by atoms with Crippen LogP contribution in [0.25, 0.3) is 0 Å². The van der Waals surface area contributed by atoms with Gasteiger partial charge in [0, 0.05) is 13.0 Å². The highest BCUT2D eigenvalue weighted by Gasteiger charge is 2.33. The number of carbonyl (C=O) groups excluding carboxylic acids is 1. The summed E-state index contributed by atoms with van der Waals surface area (Å²) in [6.07, 6.45) is 3.69. The quantitative estimate of drug-likeness (QED) is 0.476. The maximum absolute atomic E-state index is 11.5. The van der Waals surface area contributed by atoms with Crippen molar-refractivity contribution < 1.29 is 14.3 Å². The molecule has 1 amide bonds. The molecule has 0 saturated heterocycles. The SMILES string of the molecule is CCCCOC(CC)(CCC(N)=O)c1ccccc1COc1cc(C)ccc1C. The lowest BCUT2D eigenvalue weighted by Crippen LogP contribution is -2.33. The Kier molecular flexibility index (Phi) is 8.71. The Morgan fingerprint density at radius 2 is 1.86 bits per heavy atom. The fourth-order valence-electron chi connectivity index (χ4n) is 3.60. The molecule has 158 valence electrons. The minimum atomic E-state index is -0.536. The molecule has 29 heavy (non-hydrogen) atoms. The molecule has 0 spiro atoms. The van der Waals surface area contributed by atoms with E-state index in [9.17, 15) is 4.79 Å². The van der Waals surface area contributed by atoms with Crippen LogP contribution in [0.15, 0.2) is 42.5 Å². The number of nitrogens with two attached hydrogens (primary N) is 1. The van der Waals surface area contributed by atoms with E-state index >= 15 is 0 Å². The number of benzene rings is 2. The molecule has 0 saturated carbocycles. The summed E-state index contributed by atoms with van der Waals surface area (Å²) < 4.78 is 12.6. The van der Waals surface area contributed by atoms with Gasteiger partial charge in [0.15, 0.2) is 0 Å². The van der Waals surface area contributed by atoms with Crippen LogP contribution in [0.3, 0.4) is 0 Å². The molecule has 2 aromatic rings. The second kappa shape index (κ2) is 11.0. The molecule has 0 aliphatic carbocycles. The fourth-order valence-corrected chi connectivity index (χ4v) is 3.60. The van der Waals surface area contributed by atoms with E-state index in [1.165, 1.54) is 5.56 Å². The molecule has 1 atom stereocenters. The fraction of sp³-hybridized carbons (Fsp3) is 0.480. The maximum atomic E-state index is 11.5. The number of amides is 1. The topological polar surface area (TPSA) is 61.5 Å². The average Bonchev–Trinajstić information content (AvgIpc) is 2.72. The van der Waals surface area contributed by atoms with Crippen LogP contribution in [0.4, 0.5) is 0 Å². The first-order chi connectivity index (χ1) is 13.9. The van der Waals surface area contributed by atoms with E-state index in [4.69, 9.17) is 15.2 Å². The van der Waals surface area contributed by atoms with Crippen molar-refractivity contribution >= 4 is 5.91 Å². The molecule has 0 radical (unpaired) electrons. The molecule has 4 heteroatoms. The van der Waals surface area contributed by atoms with E-state index in [2.05, 4.69) is 58.0 Å². The van der Waals surface area contributed by atoms with Gasteiger partial charge in [-0.25, -0.2) is 0 Å². The van der Waals surface area contributed by atoms with E-state index < -0.39 is 5.60 Å². The first-order valence-electron chi connectivity index (χ1n) is 10.6. The van der Waals surface area contributed by atoms with Gasteiger partial charge in [-0.3, -0.25) is 4.79 Å². The number of hydrogen-bond acceptors (Lipinski definition) is 3. The van der Waals surface area contributed by atoms with Crippen molar-refractivity contribution in [3.8, 4) is 5.75 Å². The zero-order valence-corrected chi connectivity index (χ0v) is 18.3. The molecule has 2 aromatic carbocycles. The summed E-state index contributed by atoms with van der Waals surface area (Å²) in [7, 11) is 0. The van der Waals surface area contributed by atoms with Gasteiger partial charge in [-0.2, -0.15) is 0 Å². The van der Waals surface area contributed by atoms with Gasteiger partial charge in [0.05, 0.1) is 5.60 Å². The Balaban J connectivity index is 2.32. The molecular formula is C25H35NO3. The lowest BCUT2D eigenvalue weighted by Gasteiger charge is -2.35. The van der Waals surface area contributed by atoms with Crippen molar-refractivity contribution in [3.63, 3.8) is 0 Å². The van der Waals surface area contributed by atoms with Gasteiger partial charge in [-0.15, -0.1) is 0 Å². The molecule has 0 heterocycles. The zero-order chi connectivity index (χ0) is 21.3. The van der Waals surface area contributed by atoms with Crippen LogP contribution in [0.5, 0.6) is 5.75 Å². The number of primary amides is 1. The maximum Gasteiger partial charge on any atom is 0.217 e. The lowest BCUT2D eigenvalue weighted by atomic mass is 9.83. The van der Waals surface area contributed by atoms with Crippen LogP contribution in [-0.4, -0.2) is 12.5 Å². The summed E-state index contributed by atoms with van der Waals surface area (Å²) >= 11 is 0. The highest BCUT2D eigenvalue weighted by Crippen LogP contribution is 2.37. The summed E-state index contributed by atoms with van der Waals surface area (Å²) in [4.78, 5) is 11.5. The third kappa shape index (κ3) is 6.33. The van der Waals surface area contributed by atoms with E-state index in [1.807, 2.05) is 12.1 Å². The molecule has 0 aliphatic rings. The summed E-state index contributed by atoms with van der Waals surface area (Å²) in [5.74, 6) is 0.594. The highest BCUT2D eigenvalue weighted by molar-refractivity contribution is 5.73. The smallest absolute Gasteiger partial charge is 0.217 e. The van der Waals surface area contributed by atoms with Gasteiger partial charge in [0.25, 0.3) is 0 Å². The molecule has 2 N–H and O–H groups in total. The number of rotatable bonds is 12. The standard InChI is InChI=1S/C25H35NO3/c1-5-7-16-29-25(6-2,15-14-24(26)27)22-11-9-8-10-21(22)18-28-23-17-19(3)12-13-20(23)4/h8-13,17H,5-7,14-16,18H2,1-4H3,(H2,26,27). The van der Waals surface area contributed by atoms with Crippen molar-refractivity contribution in [1.82, 2.24) is 0 Å². The third-order valence-corrected chi connectivity index (χ3v) is 5.46. The van der Waals surface area contributed by atoms with Gasteiger partial charge in [-0.05, 0) is 61.4 Å². The predicted octanol–water partition coefficient (Wildman–Crippen LogP) is 5.57. The zero-order valence-electron chi connectivity index (χ0n) is 18.3. The van der Waals surface area contributed by atoms with Gasteiger partial charge < -0.3 is 15.2 Å². The Bertz CT molecular complexity index is 802. The Morgan fingerprint density at radius 3 is 2.55 bits per heavy atom. The van der Waals surface area contributed by atoms with Crippen LogP contribution >= 0.6 is 0 Å². The second-order valence-corrected chi connectivity index (χ2v) is 7.73. The van der Waals surface area contributed by atoms with Crippen LogP contribution in [-0.2, 0) is 21.7 Å². The van der Waals surface area contributed by atoms with E-state index in [0.29, 0.717) is 26.1 Å². The third-order valence-electron chi connectivity index (χ3n) is 5.46. The first kappa shape index (κ1) is 23.0. The van der Waals surface area contributed by atoms with E-state index in [-0.39, 0.29) is 5.91 Å². The molecule has 1 unspecified atom stereocenters. The van der Waals surface area contributed by atoms with E-state index in [0.717, 1.165) is 41.7 Å². The van der Waals surface area contributed by atoms with Crippen LogP contribution in [0.1, 0.15) is 68.2 Å². The minimum absolute atomic E-state index is 0.298. The molecule has 2 rings (SSSR count). The molecule has 0 aromatic heterocycles. The highest BCUT2D eigenvalue weighted by atomic mass is 16.5. The molecule has 0 bridgehead atoms. The molecule has 0 fully saturated rings. The Hall–Kier alpha value is -2.33. The molecular weight excluding hydrogens is 362 g/mol. The predicted molar refractivity (Wildman–Crippen MR) is 118 cm³/mol. The normalized spacial score (nSPS) is 13.1. The summed E-state index contributed by atoms with van der Waals surface area (Å²) in [5, 5.41) is 0. The first-order valence-corrected chi connectivity index (χ1v) is 10.6. The lowest BCUT2D eigenvalue weighted by molar-refractivity contribution is -0.121. The van der Waals surface area contributed by atoms with Crippen molar-refractivity contribution in [3.05, 3.63) is 64.7 Å². The van der Waals surface area contributed by atoms with E-state index in [1.54, 1.807) is 0 Å². The van der Waals surface area contributed by atoms with Crippen LogP contribution < -0.4 is 10.5 Å². The second-order valence-electron chi connectivity index (χ2n) is 7.73. The van der Waals surface area contributed by atoms with Crippen molar-refractivity contribution in [1.29, 1.82) is 0 Å². The van der Waals surface area contributed by atoms with Crippen molar-refractivity contribution in [2.75, 3.05) is 6.61 Å². The Morgan fingerprint density at radius 1 is 1.10 bits per heavy atom. The molecule has 0 aliphatic heterocycles. The van der Waals surface area contributed by atoms with Gasteiger partial charge in [-0.1, -0.05) is 56.7 Å². The Labute approximate surface area is 175 Å². The van der Waals surface area contributed by atoms with Crippen LogP contribution in [0, 0.1) is 13.8 Å². The van der Waals surface area contributed by atoms with Gasteiger partial charge in [0.1, 0.15) is 12.4 Å². The summed E-state index contributed by atoms with van der Waals surface area (Å²) in [6.45, 7) is 9.48. The molecule has 4 nitrogen and oxygen atoms in total. The average molecular weight is 398 g/mol. The number of ether oxygens (including phenoxy) is 2. The van der Waals surface area contributed by atoms with Gasteiger partial charge >= 0.3 is 0 Å².